The molecule has 1 aliphatic heterocycles. The van der Waals surface area contributed by atoms with Gasteiger partial charge in [0.25, 0.3) is 0 Å². The molecule has 1 aliphatic carbocycles. The van der Waals surface area contributed by atoms with Gasteiger partial charge in [-0.2, -0.15) is 0 Å². The van der Waals surface area contributed by atoms with Crippen molar-refractivity contribution < 1.29 is 9.13 Å². The van der Waals surface area contributed by atoms with Gasteiger partial charge in [0.05, 0.1) is 18.9 Å². The molecule has 0 bridgehead atoms. The van der Waals surface area contributed by atoms with Gasteiger partial charge in [-0.15, -0.1) is 12.4 Å². The normalized spacial score (nSPS) is 25.3. The van der Waals surface area contributed by atoms with E-state index < -0.39 is 0 Å². The number of aromatic nitrogens is 2. The second kappa shape index (κ2) is 9.15. The maximum absolute atomic E-state index is 14.6. The number of hydrogen-bond donors (Lipinski definition) is 2. The molecule has 3 unspecified atom stereocenters. The number of nitrogens with zero attached hydrogens (tertiary/aromatic N) is 2. The number of aryl methyl sites for hydroxylation is 1. The van der Waals surface area contributed by atoms with Crippen LogP contribution >= 0.6 is 12.4 Å². The predicted octanol–water partition coefficient (Wildman–Crippen LogP) is 2.99. The van der Waals surface area contributed by atoms with Crippen molar-refractivity contribution in [2.24, 2.45) is 5.92 Å². The molecule has 1 saturated carbocycles. The zero-order chi connectivity index (χ0) is 17.9. The van der Waals surface area contributed by atoms with E-state index >= 15 is 0 Å². The Balaban J connectivity index is 0.00000210. The molecule has 2 fully saturated rings. The zero-order valence-corrected chi connectivity index (χ0v) is 16.5. The fraction of sp³-hybridized carbons (Fsp3) is 0.550. The Morgan fingerprint density at radius 1 is 1.37 bits per heavy atom. The summed E-state index contributed by atoms with van der Waals surface area (Å²) in [4.78, 5) is 4.17. The van der Waals surface area contributed by atoms with Crippen molar-refractivity contribution >= 4 is 12.4 Å². The fourth-order valence-electron chi connectivity index (χ4n) is 4.32. The summed E-state index contributed by atoms with van der Waals surface area (Å²) in [6.45, 7) is 5.11. The molecule has 2 heterocycles. The molecule has 0 spiro atoms. The standard InChI is InChI=1S/C20H27FN4O.ClH/c1-14-22-7-9-25(14)20-6-5-15(11-17(20)21)12-24-18-4-2-3-16(18)19-13-26-10-8-23-19;/h5-7,9,11,16,18-19,23-24H,2-4,8,10,12-13H2,1H3;1H. The van der Waals surface area contributed by atoms with Gasteiger partial charge >= 0.3 is 0 Å². The molecule has 2 aromatic rings. The molecule has 4 rings (SSSR count). The summed E-state index contributed by atoms with van der Waals surface area (Å²) < 4.78 is 22.0. The van der Waals surface area contributed by atoms with Gasteiger partial charge in [-0.25, -0.2) is 9.37 Å². The Hall–Kier alpha value is -1.47. The van der Waals surface area contributed by atoms with E-state index in [4.69, 9.17) is 4.74 Å². The van der Waals surface area contributed by atoms with Gasteiger partial charge in [-0.3, -0.25) is 0 Å². The zero-order valence-electron chi connectivity index (χ0n) is 15.7. The summed E-state index contributed by atoms with van der Waals surface area (Å²) in [7, 11) is 0. The minimum Gasteiger partial charge on any atom is -0.379 e. The SMILES string of the molecule is Cc1nccn1-c1ccc(CNC2CCCC2C2COCCN2)cc1F.Cl. The van der Waals surface area contributed by atoms with Crippen LogP contribution in [0.5, 0.6) is 0 Å². The molecule has 0 amide bonds. The fourth-order valence-corrected chi connectivity index (χ4v) is 4.32. The Labute approximate surface area is 166 Å². The molecule has 3 atom stereocenters. The predicted molar refractivity (Wildman–Crippen MR) is 106 cm³/mol. The number of halogens is 2. The van der Waals surface area contributed by atoms with Crippen LogP contribution in [0.25, 0.3) is 5.69 Å². The van der Waals surface area contributed by atoms with Gasteiger partial charge in [0.2, 0.25) is 0 Å². The Morgan fingerprint density at radius 3 is 2.96 bits per heavy atom. The monoisotopic (exact) mass is 394 g/mol. The average Bonchev–Trinajstić information content (AvgIpc) is 3.30. The van der Waals surface area contributed by atoms with E-state index in [0.29, 0.717) is 30.2 Å². The lowest BCUT2D eigenvalue weighted by Gasteiger charge is -2.33. The summed E-state index contributed by atoms with van der Waals surface area (Å²) in [6, 6.07) is 6.37. The Kier molecular flexibility index (Phi) is 6.87. The third-order valence-corrected chi connectivity index (χ3v) is 5.70. The summed E-state index contributed by atoms with van der Waals surface area (Å²) in [6.07, 6.45) is 7.12. The lowest BCUT2D eigenvalue weighted by Crippen LogP contribution is -2.50. The topological polar surface area (TPSA) is 51.1 Å². The number of ether oxygens (including phenoxy) is 1. The highest BCUT2D eigenvalue weighted by Crippen LogP contribution is 2.30. The minimum absolute atomic E-state index is 0. The third kappa shape index (κ3) is 4.51. The summed E-state index contributed by atoms with van der Waals surface area (Å²) in [5.41, 5.74) is 1.52. The molecule has 148 valence electrons. The number of morpholine rings is 1. The highest BCUT2D eigenvalue weighted by atomic mass is 35.5. The average molecular weight is 395 g/mol. The first kappa shape index (κ1) is 20.3. The Bertz CT molecular complexity index is 747. The third-order valence-electron chi connectivity index (χ3n) is 5.70. The first-order valence-corrected chi connectivity index (χ1v) is 9.55. The van der Waals surface area contributed by atoms with Crippen molar-refractivity contribution in [2.45, 2.75) is 44.8 Å². The maximum Gasteiger partial charge on any atom is 0.147 e. The quantitative estimate of drug-likeness (QED) is 0.818. The largest absolute Gasteiger partial charge is 0.379 e. The highest BCUT2D eigenvalue weighted by Gasteiger charge is 2.34. The lowest BCUT2D eigenvalue weighted by atomic mass is 9.94. The number of imidazole rings is 1. The van der Waals surface area contributed by atoms with Gasteiger partial charge in [0.15, 0.2) is 0 Å². The van der Waals surface area contributed by atoms with Crippen LogP contribution < -0.4 is 10.6 Å². The van der Waals surface area contributed by atoms with E-state index in [1.165, 1.54) is 19.3 Å². The maximum atomic E-state index is 14.6. The molecule has 1 saturated heterocycles. The number of rotatable bonds is 5. The molecule has 1 aromatic heterocycles. The van der Waals surface area contributed by atoms with Crippen molar-refractivity contribution in [1.29, 1.82) is 0 Å². The molecule has 5 nitrogen and oxygen atoms in total. The van der Waals surface area contributed by atoms with Crippen LogP contribution in [0.15, 0.2) is 30.6 Å². The highest BCUT2D eigenvalue weighted by molar-refractivity contribution is 5.85. The molecule has 27 heavy (non-hydrogen) atoms. The van der Waals surface area contributed by atoms with Crippen LogP contribution in [0.1, 0.15) is 30.7 Å². The molecular weight excluding hydrogens is 367 g/mol. The lowest BCUT2D eigenvalue weighted by molar-refractivity contribution is 0.0524. The van der Waals surface area contributed by atoms with Crippen molar-refractivity contribution in [1.82, 2.24) is 20.2 Å². The summed E-state index contributed by atoms with van der Waals surface area (Å²) >= 11 is 0. The van der Waals surface area contributed by atoms with E-state index in [-0.39, 0.29) is 18.2 Å². The van der Waals surface area contributed by atoms with Crippen LogP contribution in [-0.2, 0) is 11.3 Å². The second-order valence-corrected chi connectivity index (χ2v) is 7.35. The molecule has 2 aliphatic rings. The first-order valence-electron chi connectivity index (χ1n) is 9.55. The van der Waals surface area contributed by atoms with Crippen LogP contribution in [0.2, 0.25) is 0 Å². The van der Waals surface area contributed by atoms with Gasteiger partial charge in [0, 0.05) is 37.6 Å². The van der Waals surface area contributed by atoms with E-state index in [0.717, 1.165) is 31.1 Å². The van der Waals surface area contributed by atoms with Crippen molar-refractivity contribution in [3.63, 3.8) is 0 Å². The van der Waals surface area contributed by atoms with E-state index in [2.05, 4.69) is 15.6 Å². The molecular formula is C20H28ClFN4O. The molecule has 0 radical (unpaired) electrons. The van der Waals surface area contributed by atoms with Gasteiger partial charge in [0.1, 0.15) is 11.6 Å². The number of benzene rings is 1. The first-order chi connectivity index (χ1) is 12.7. The van der Waals surface area contributed by atoms with Crippen molar-refractivity contribution in [2.75, 3.05) is 19.8 Å². The van der Waals surface area contributed by atoms with Crippen molar-refractivity contribution in [3.05, 3.63) is 47.8 Å². The molecule has 1 aromatic carbocycles. The molecule has 2 N–H and O–H groups in total. The van der Waals surface area contributed by atoms with Crippen LogP contribution in [0.3, 0.4) is 0 Å². The van der Waals surface area contributed by atoms with Crippen molar-refractivity contribution in [3.8, 4) is 5.69 Å². The van der Waals surface area contributed by atoms with E-state index in [9.17, 15) is 4.39 Å². The van der Waals surface area contributed by atoms with Gasteiger partial charge in [-0.05, 0) is 43.4 Å². The van der Waals surface area contributed by atoms with Crippen LogP contribution in [0, 0.1) is 18.7 Å². The second-order valence-electron chi connectivity index (χ2n) is 7.35. The van der Waals surface area contributed by atoms with Crippen LogP contribution in [0.4, 0.5) is 4.39 Å². The number of nitrogens with one attached hydrogen (secondary N) is 2. The van der Waals surface area contributed by atoms with E-state index in [1.54, 1.807) is 23.0 Å². The smallest absolute Gasteiger partial charge is 0.147 e. The van der Waals surface area contributed by atoms with Gasteiger partial charge < -0.3 is 19.9 Å². The summed E-state index contributed by atoms with van der Waals surface area (Å²) in [5.74, 6) is 1.16. The van der Waals surface area contributed by atoms with Crippen LogP contribution in [-0.4, -0.2) is 41.4 Å². The van der Waals surface area contributed by atoms with E-state index in [1.807, 2.05) is 19.1 Å². The minimum atomic E-state index is -0.212. The number of hydrogen-bond acceptors (Lipinski definition) is 4. The molecule has 7 heteroatoms. The van der Waals surface area contributed by atoms with Gasteiger partial charge in [-0.1, -0.05) is 12.5 Å². The summed E-state index contributed by atoms with van der Waals surface area (Å²) in [5, 5.41) is 7.25. The Morgan fingerprint density at radius 2 is 2.26 bits per heavy atom.